The molecule has 0 spiro atoms. The van der Waals surface area contributed by atoms with Crippen LogP contribution in [-0.4, -0.2) is 34.4 Å². The summed E-state index contributed by atoms with van der Waals surface area (Å²) in [6, 6.07) is 10.9. The first-order valence-corrected chi connectivity index (χ1v) is 7.81. The maximum atomic E-state index is 11.3. The monoisotopic (exact) mass is 343 g/mol. The number of aliphatic hydroxyl groups is 1. The molecule has 2 aromatic carbocycles. The number of hydrogen-bond acceptors (Lipinski definition) is 3. The first kappa shape index (κ1) is 15.2. The first-order chi connectivity index (χ1) is 11.5. The van der Waals surface area contributed by atoms with Gasteiger partial charge in [0.1, 0.15) is 5.60 Å². The van der Waals surface area contributed by atoms with Crippen molar-refractivity contribution in [3.05, 3.63) is 58.7 Å². The van der Waals surface area contributed by atoms with Crippen molar-refractivity contribution in [1.29, 1.82) is 0 Å². The lowest BCUT2D eigenvalue weighted by atomic mass is 9.90. The second-order valence-corrected chi connectivity index (χ2v) is 6.39. The van der Waals surface area contributed by atoms with Crippen LogP contribution in [0, 0.1) is 0 Å². The molecule has 122 valence electrons. The molecule has 0 aliphatic carbocycles. The van der Waals surface area contributed by atoms with Crippen LogP contribution in [0.3, 0.4) is 0 Å². The summed E-state index contributed by atoms with van der Waals surface area (Å²) in [4.78, 5) is 14.2. The van der Waals surface area contributed by atoms with Gasteiger partial charge in [-0.15, -0.1) is 0 Å². The highest BCUT2D eigenvalue weighted by molar-refractivity contribution is 6.34. The van der Waals surface area contributed by atoms with Crippen molar-refractivity contribution in [3.63, 3.8) is 0 Å². The van der Waals surface area contributed by atoms with Gasteiger partial charge in [0.25, 0.3) is 0 Å². The van der Waals surface area contributed by atoms with E-state index in [4.69, 9.17) is 16.3 Å². The van der Waals surface area contributed by atoms with E-state index in [2.05, 4.69) is 4.98 Å². The summed E-state index contributed by atoms with van der Waals surface area (Å²) in [6.07, 6.45) is 1.46. The molecule has 4 rings (SSSR count). The quantitative estimate of drug-likeness (QED) is 0.680. The molecular formula is C18H14ClNO4. The summed E-state index contributed by atoms with van der Waals surface area (Å²) >= 11 is 6.36. The van der Waals surface area contributed by atoms with E-state index in [0.29, 0.717) is 29.1 Å². The SMILES string of the molecule is O=C(O)c1c[nH]c2cc(Cl)c(-c3ccc(C4(O)COC4)cc3)cc12. The van der Waals surface area contributed by atoms with E-state index in [1.54, 1.807) is 12.1 Å². The number of rotatable bonds is 3. The van der Waals surface area contributed by atoms with E-state index in [-0.39, 0.29) is 5.56 Å². The standard InChI is InChI=1S/C18H14ClNO4/c19-15-6-16-13(14(7-20-16)17(21)22)5-12(15)10-1-3-11(4-2-10)18(23)8-24-9-18/h1-7,20,23H,8-9H2,(H,21,22). The molecule has 0 atom stereocenters. The number of carboxylic acid groups (broad SMARTS) is 1. The lowest BCUT2D eigenvalue weighted by Crippen LogP contribution is -2.46. The minimum atomic E-state index is -0.989. The predicted octanol–water partition coefficient (Wildman–Crippen LogP) is 3.40. The number of fused-ring (bicyclic) bond motifs is 1. The number of halogens is 1. The van der Waals surface area contributed by atoms with Gasteiger partial charge in [0.2, 0.25) is 0 Å². The fraction of sp³-hybridized carbons (Fsp3) is 0.167. The Hall–Kier alpha value is -2.34. The maximum absolute atomic E-state index is 11.3. The van der Waals surface area contributed by atoms with Gasteiger partial charge in [-0.25, -0.2) is 4.79 Å². The summed E-state index contributed by atoms with van der Waals surface area (Å²) in [6.45, 7) is 0.592. The van der Waals surface area contributed by atoms with Gasteiger partial charge in [0.15, 0.2) is 0 Å². The molecule has 0 amide bonds. The van der Waals surface area contributed by atoms with Crippen LogP contribution in [0.15, 0.2) is 42.6 Å². The average Bonchev–Trinajstić information content (AvgIpc) is 2.95. The smallest absolute Gasteiger partial charge is 0.337 e. The molecule has 0 unspecified atom stereocenters. The Labute approximate surface area is 142 Å². The highest BCUT2D eigenvalue weighted by Crippen LogP contribution is 2.35. The Bertz CT molecular complexity index is 942. The number of aromatic carboxylic acids is 1. The summed E-state index contributed by atoms with van der Waals surface area (Å²) < 4.78 is 5.07. The highest BCUT2D eigenvalue weighted by Gasteiger charge is 2.37. The third kappa shape index (κ3) is 2.29. The second kappa shape index (κ2) is 5.34. The summed E-state index contributed by atoms with van der Waals surface area (Å²) in [7, 11) is 0. The number of aromatic nitrogens is 1. The van der Waals surface area contributed by atoms with Gasteiger partial charge >= 0.3 is 5.97 Å². The Morgan fingerprint density at radius 2 is 1.92 bits per heavy atom. The molecule has 3 N–H and O–H groups in total. The molecule has 0 bridgehead atoms. The zero-order valence-corrected chi connectivity index (χ0v) is 13.3. The average molecular weight is 344 g/mol. The van der Waals surface area contributed by atoms with E-state index in [9.17, 15) is 15.0 Å². The van der Waals surface area contributed by atoms with Crippen LogP contribution in [0.5, 0.6) is 0 Å². The fourth-order valence-corrected chi connectivity index (χ4v) is 3.24. The van der Waals surface area contributed by atoms with Gasteiger partial charge in [-0.3, -0.25) is 0 Å². The van der Waals surface area contributed by atoms with Crippen LogP contribution in [0.2, 0.25) is 5.02 Å². The molecule has 2 heterocycles. The number of ether oxygens (including phenoxy) is 1. The summed E-state index contributed by atoms with van der Waals surface area (Å²) in [5, 5.41) is 20.7. The van der Waals surface area contributed by atoms with Crippen molar-refractivity contribution in [2.45, 2.75) is 5.60 Å². The summed E-state index contributed by atoms with van der Waals surface area (Å²) in [5.41, 5.74) is 2.37. The van der Waals surface area contributed by atoms with E-state index >= 15 is 0 Å². The number of hydrogen-bond donors (Lipinski definition) is 3. The molecule has 0 radical (unpaired) electrons. The summed E-state index contributed by atoms with van der Waals surface area (Å²) in [5.74, 6) is -0.989. The van der Waals surface area contributed by atoms with Crippen molar-refractivity contribution in [2.24, 2.45) is 0 Å². The molecule has 1 aliphatic heterocycles. The lowest BCUT2D eigenvalue weighted by molar-refractivity contribution is -0.184. The topological polar surface area (TPSA) is 82.5 Å². The number of H-pyrrole nitrogens is 1. The van der Waals surface area contributed by atoms with E-state index in [0.717, 1.165) is 16.7 Å². The van der Waals surface area contributed by atoms with Crippen LogP contribution < -0.4 is 0 Å². The van der Waals surface area contributed by atoms with Crippen molar-refractivity contribution in [2.75, 3.05) is 13.2 Å². The molecule has 5 nitrogen and oxygen atoms in total. The normalized spacial score (nSPS) is 16.1. The van der Waals surface area contributed by atoms with Crippen LogP contribution >= 0.6 is 11.6 Å². The van der Waals surface area contributed by atoms with Gasteiger partial charge in [-0.05, 0) is 23.3 Å². The van der Waals surface area contributed by atoms with Gasteiger partial charge in [0, 0.05) is 22.7 Å². The molecule has 1 saturated heterocycles. The van der Waals surface area contributed by atoms with Gasteiger partial charge in [-0.1, -0.05) is 35.9 Å². The Morgan fingerprint density at radius 3 is 2.50 bits per heavy atom. The largest absolute Gasteiger partial charge is 0.478 e. The van der Waals surface area contributed by atoms with Gasteiger partial charge in [-0.2, -0.15) is 0 Å². The fourth-order valence-electron chi connectivity index (χ4n) is 2.96. The van der Waals surface area contributed by atoms with Gasteiger partial charge in [0.05, 0.1) is 23.8 Å². The molecule has 3 aromatic rings. The molecule has 1 fully saturated rings. The Balaban J connectivity index is 1.79. The molecule has 24 heavy (non-hydrogen) atoms. The number of aromatic amines is 1. The number of carboxylic acids is 1. The van der Waals surface area contributed by atoms with Crippen LogP contribution in [-0.2, 0) is 10.3 Å². The van der Waals surface area contributed by atoms with Crippen molar-refractivity contribution >= 4 is 28.5 Å². The Kier molecular flexibility index (Phi) is 3.38. The second-order valence-electron chi connectivity index (χ2n) is 5.99. The third-order valence-electron chi connectivity index (χ3n) is 4.41. The van der Waals surface area contributed by atoms with E-state index in [1.807, 2.05) is 24.3 Å². The molecule has 1 aromatic heterocycles. The minimum absolute atomic E-state index is 0.209. The number of carbonyl (C=O) groups is 1. The maximum Gasteiger partial charge on any atom is 0.337 e. The van der Waals surface area contributed by atoms with E-state index in [1.165, 1.54) is 6.20 Å². The van der Waals surface area contributed by atoms with Crippen molar-refractivity contribution in [3.8, 4) is 11.1 Å². The van der Waals surface area contributed by atoms with Crippen LogP contribution in [0.25, 0.3) is 22.0 Å². The van der Waals surface area contributed by atoms with Gasteiger partial charge < -0.3 is 19.9 Å². The minimum Gasteiger partial charge on any atom is -0.478 e. The molecule has 6 heteroatoms. The van der Waals surface area contributed by atoms with E-state index < -0.39 is 11.6 Å². The van der Waals surface area contributed by atoms with Crippen molar-refractivity contribution in [1.82, 2.24) is 4.98 Å². The third-order valence-corrected chi connectivity index (χ3v) is 4.73. The molecule has 1 aliphatic rings. The first-order valence-electron chi connectivity index (χ1n) is 7.43. The number of nitrogens with one attached hydrogen (secondary N) is 1. The predicted molar refractivity (Wildman–Crippen MR) is 90.4 cm³/mol. The number of benzene rings is 2. The highest BCUT2D eigenvalue weighted by atomic mass is 35.5. The zero-order valence-electron chi connectivity index (χ0n) is 12.5. The van der Waals surface area contributed by atoms with Crippen LogP contribution in [0.4, 0.5) is 0 Å². The van der Waals surface area contributed by atoms with Crippen LogP contribution in [0.1, 0.15) is 15.9 Å². The molecular weight excluding hydrogens is 330 g/mol. The lowest BCUT2D eigenvalue weighted by Gasteiger charge is -2.36. The van der Waals surface area contributed by atoms with Crippen molar-refractivity contribution < 1.29 is 19.7 Å². The molecule has 0 saturated carbocycles. The Morgan fingerprint density at radius 1 is 1.21 bits per heavy atom. The zero-order chi connectivity index (χ0) is 16.9.